The van der Waals surface area contributed by atoms with E-state index < -0.39 is 5.97 Å². The Bertz CT molecular complexity index is 584. The van der Waals surface area contributed by atoms with E-state index in [-0.39, 0.29) is 31.0 Å². The van der Waals surface area contributed by atoms with Crippen molar-refractivity contribution in [3.63, 3.8) is 0 Å². The molecule has 0 unspecified atom stereocenters. The molecule has 7 heteroatoms. The Morgan fingerprint density at radius 3 is 2.52 bits per heavy atom. The maximum atomic E-state index is 11.8. The number of esters is 1. The SMILES string of the molecule is C[C@@H](NC(=O)COC(=O)CNC(=O)c1ccc(Br)cc1)C1CC1. The lowest BCUT2D eigenvalue weighted by Crippen LogP contribution is -2.38. The highest BCUT2D eigenvalue weighted by atomic mass is 79.9. The molecule has 1 aromatic carbocycles. The number of hydrogen-bond acceptors (Lipinski definition) is 4. The van der Waals surface area contributed by atoms with E-state index in [1.807, 2.05) is 6.92 Å². The minimum Gasteiger partial charge on any atom is -0.454 e. The van der Waals surface area contributed by atoms with Crippen LogP contribution in [-0.4, -0.2) is 37.0 Å². The second-order valence-electron chi connectivity index (χ2n) is 5.54. The van der Waals surface area contributed by atoms with Crippen LogP contribution >= 0.6 is 15.9 Å². The lowest BCUT2D eigenvalue weighted by Gasteiger charge is -2.12. The van der Waals surface area contributed by atoms with Crippen molar-refractivity contribution in [2.24, 2.45) is 5.92 Å². The molecule has 0 radical (unpaired) electrons. The van der Waals surface area contributed by atoms with Gasteiger partial charge in [-0.05, 0) is 49.9 Å². The van der Waals surface area contributed by atoms with Crippen molar-refractivity contribution in [3.8, 4) is 0 Å². The van der Waals surface area contributed by atoms with E-state index >= 15 is 0 Å². The first-order valence-electron chi connectivity index (χ1n) is 7.44. The van der Waals surface area contributed by atoms with Gasteiger partial charge >= 0.3 is 5.97 Å². The van der Waals surface area contributed by atoms with Crippen molar-refractivity contribution in [3.05, 3.63) is 34.3 Å². The van der Waals surface area contributed by atoms with Gasteiger partial charge in [0.1, 0.15) is 6.54 Å². The van der Waals surface area contributed by atoms with E-state index in [0.29, 0.717) is 11.5 Å². The van der Waals surface area contributed by atoms with Crippen LogP contribution in [-0.2, 0) is 14.3 Å². The van der Waals surface area contributed by atoms with Gasteiger partial charge in [0.15, 0.2) is 6.61 Å². The second-order valence-corrected chi connectivity index (χ2v) is 6.46. The molecule has 0 spiro atoms. The number of carbonyl (C=O) groups excluding carboxylic acids is 3. The number of benzene rings is 1. The summed E-state index contributed by atoms with van der Waals surface area (Å²) in [6.45, 7) is 1.33. The third-order valence-corrected chi connectivity index (χ3v) is 4.11. The van der Waals surface area contributed by atoms with Crippen LogP contribution in [0.2, 0.25) is 0 Å². The molecule has 2 rings (SSSR count). The summed E-state index contributed by atoms with van der Waals surface area (Å²) in [5.74, 6) is -0.803. The highest BCUT2D eigenvalue weighted by molar-refractivity contribution is 9.10. The van der Waals surface area contributed by atoms with E-state index in [4.69, 9.17) is 4.74 Å². The van der Waals surface area contributed by atoms with Gasteiger partial charge in [0.05, 0.1) is 0 Å². The van der Waals surface area contributed by atoms with Crippen molar-refractivity contribution in [2.45, 2.75) is 25.8 Å². The molecule has 1 aliphatic rings. The number of nitrogens with one attached hydrogen (secondary N) is 2. The number of ether oxygens (including phenoxy) is 1. The van der Waals surface area contributed by atoms with Crippen LogP contribution in [0.1, 0.15) is 30.1 Å². The van der Waals surface area contributed by atoms with Gasteiger partial charge < -0.3 is 15.4 Å². The topological polar surface area (TPSA) is 84.5 Å². The molecule has 0 bridgehead atoms. The van der Waals surface area contributed by atoms with Crippen LogP contribution in [0.5, 0.6) is 0 Å². The van der Waals surface area contributed by atoms with Crippen molar-refractivity contribution in [1.29, 1.82) is 0 Å². The summed E-state index contributed by atoms with van der Waals surface area (Å²) in [5.41, 5.74) is 0.442. The average molecular weight is 383 g/mol. The Hall–Kier alpha value is -1.89. The van der Waals surface area contributed by atoms with E-state index in [2.05, 4.69) is 26.6 Å². The zero-order chi connectivity index (χ0) is 16.8. The smallest absolute Gasteiger partial charge is 0.325 e. The Balaban J connectivity index is 1.65. The van der Waals surface area contributed by atoms with E-state index in [1.54, 1.807) is 24.3 Å². The Kier molecular flexibility index (Phi) is 6.15. The summed E-state index contributed by atoms with van der Waals surface area (Å²) in [6.07, 6.45) is 2.26. The fourth-order valence-corrected chi connectivity index (χ4v) is 2.33. The Morgan fingerprint density at radius 2 is 1.91 bits per heavy atom. The Morgan fingerprint density at radius 1 is 1.26 bits per heavy atom. The predicted molar refractivity (Wildman–Crippen MR) is 87.8 cm³/mol. The van der Waals surface area contributed by atoms with Gasteiger partial charge in [-0.15, -0.1) is 0 Å². The molecule has 6 nitrogen and oxygen atoms in total. The first kappa shape index (κ1) is 17.5. The number of rotatable bonds is 7. The third-order valence-electron chi connectivity index (χ3n) is 3.58. The van der Waals surface area contributed by atoms with Gasteiger partial charge in [-0.2, -0.15) is 0 Å². The lowest BCUT2D eigenvalue weighted by molar-refractivity contribution is -0.147. The van der Waals surface area contributed by atoms with Gasteiger partial charge in [-0.25, -0.2) is 0 Å². The zero-order valence-corrected chi connectivity index (χ0v) is 14.4. The largest absolute Gasteiger partial charge is 0.454 e. The lowest BCUT2D eigenvalue weighted by atomic mass is 10.2. The van der Waals surface area contributed by atoms with Crippen LogP contribution in [0.15, 0.2) is 28.7 Å². The summed E-state index contributed by atoms with van der Waals surface area (Å²) in [6, 6.07) is 6.85. The summed E-state index contributed by atoms with van der Waals surface area (Å²) >= 11 is 3.28. The molecule has 0 heterocycles. The molecule has 1 aliphatic carbocycles. The third kappa shape index (κ3) is 6.02. The molecule has 1 fully saturated rings. The first-order valence-corrected chi connectivity index (χ1v) is 8.24. The molecular weight excluding hydrogens is 364 g/mol. The van der Waals surface area contributed by atoms with Crippen molar-refractivity contribution >= 4 is 33.7 Å². The first-order chi connectivity index (χ1) is 11.0. The van der Waals surface area contributed by atoms with Gasteiger partial charge in [0.25, 0.3) is 11.8 Å². The predicted octanol–water partition coefficient (Wildman–Crippen LogP) is 1.64. The van der Waals surface area contributed by atoms with E-state index in [0.717, 1.165) is 17.3 Å². The molecule has 0 aliphatic heterocycles. The number of halogens is 1. The summed E-state index contributed by atoms with van der Waals surface area (Å²) < 4.78 is 5.70. The molecule has 2 amide bonds. The fourth-order valence-electron chi connectivity index (χ4n) is 2.06. The number of carbonyl (C=O) groups is 3. The van der Waals surface area contributed by atoms with Crippen LogP contribution in [0.3, 0.4) is 0 Å². The van der Waals surface area contributed by atoms with Crippen LogP contribution in [0.25, 0.3) is 0 Å². The monoisotopic (exact) mass is 382 g/mol. The van der Waals surface area contributed by atoms with Gasteiger partial charge in [-0.3, -0.25) is 14.4 Å². The van der Waals surface area contributed by atoms with Crippen molar-refractivity contribution in [2.75, 3.05) is 13.2 Å². The number of hydrogen-bond donors (Lipinski definition) is 2. The van der Waals surface area contributed by atoms with Crippen molar-refractivity contribution < 1.29 is 19.1 Å². The van der Waals surface area contributed by atoms with Crippen LogP contribution < -0.4 is 10.6 Å². The van der Waals surface area contributed by atoms with Gasteiger partial charge in [0.2, 0.25) is 0 Å². The van der Waals surface area contributed by atoms with Crippen LogP contribution in [0, 0.1) is 5.92 Å². The standard InChI is InChI=1S/C16H19BrN2O4/c1-10(11-2-3-11)19-14(20)9-23-15(21)8-18-16(22)12-4-6-13(17)7-5-12/h4-7,10-11H,2-3,8-9H2,1H3,(H,18,22)(H,19,20)/t10-/m1/s1. The fraction of sp³-hybridized carbons (Fsp3) is 0.438. The quantitative estimate of drug-likeness (QED) is 0.702. The normalized spacial score (nSPS) is 14.7. The molecular formula is C16H19BrN2O4. The highest BCUT2D eigenvalue weighted by Crippen LogP contribution is 2.32. The minimum absolute atomic E-state index is 0.110. The zero-order valence-electron chi connectivity index (χ0n) is 12.8. The average Bonchev–Trinajstić information content (AvgIpc) is 3.36. The molecule has 2 N–H and O–H groups in total. The maximum absolute atomic E-state index is 11.8. The van der Waals surface area contributed by atoms with Crippen molar-refractivity contribution in [1.82, 2.24) is 10.6 Å². The molecule has 124 valence electrons. The van der Waals surface area contributed by atoms with Gasteiger partial charge in [0, 0.05) is 16.1 Å². The van der Waals surface area contributed by atoms with Gasteiger partial charge in [-0.1, -0.05) is 15.9 Å². The van der Waals surface area contributed by atoms with Crippen LogP contribution in [0.4, 0.5) is 0 Å². The minimum atomic E-state index is -0.648. The highest BCUT2D eigenvalue weighted by Gasteiger charge is 2.28. The Labute approximate surface area is 143 Å². The van der Waals surface area contributed by atoms with E-state index in [9.17, 15) is 14.4 Å². The van der Waals surface area contributed by atoms with E-state index in [1.165, 1.54) is 0 Å². The molecule has 1 saturated carbocycles. The summed E-state index contributed by atoms with van der Waals surface area (Å²) in [7, 11) is 0. The molecule has 0 saturated heterocycles. The maximum Gasteiger partial charge on any atom is 0.325 e. The molecule has 23 heavy (non-hydrogen) atoms. The molecule has 1 aromatic rings. The number of amides is 2. The second kappa shape index (κ2) is 8.10. The summed E-state index contributed by atoms with van der Waals surface area (Å²) in [5, 5.41) is 5.24. The molecule has 0 aromatic heterocycles. The molecule has 1 atom stereocenters. The summed E-state index contributed by atoms with van der Waals surface area (Å²) in [4.78, 5) is 35.0.